The normalized spacial score (nSPS) is 9.90. The van der Waals surface area contributed by atoms with Crippen molar-refractivity contribution in [2.75, 3.05) is 12.3 Å². The van der Waals surface area contributed by atoms with E-state index in [1.165, 1.54) is 33.4 Å². The predicted molar refractivity (Wildman–Crippen MR) is 96.8 cm³/mol. The van der Waals surface area contributed by atoms with E-state index in [4.69, 9.17) is 24.3 Å². The summed E-state index contributed by atoms with van der Waals surface area (Å²) in [4.78, 5) is 8.73. The molecule has 1 aromatic rings. The number of halogens is 2. The van der Waals surface area contributed by atoms with Crippen molar-refractivity contribution in [3.63, 3.8) is 0 Å². The average Bonchev–Trinajstić information content (AvgIpc) is 2.49. The van der Waals surface area contributed by atoms with Crippen LogP contribution in [0, 0.1) is 41.5 Å². The van der Waals surface area contributed by atoms with Crippen molar-refractivity contribution in [3.05, 3.63) is 33.4 Å². The summed E-state index contributed by atoms with van der Waals surface area (Å²) in [6.45, 7) is 17.3. The number of hydrogen-bond donors (Lipinski definition) is 1. The zero-order chi connectivity index (χ0) is 17.2. The third kappa shape index (κ3) is 8.87. The van der Waals surface area contributed by atoms with Gasteiger partial charge in [-0.15, -0.1) is 0 Å². The summed E-state index contributed by atoms with van der Waals surface area (Å²) in [6.07, 6.45) is 1.90. The van der Waals surface area contributed by atoms with Gasteiger partial charge in [0.05, 0.1) is 0 Å². The van der Waals surface area contributed by atoms with Gasteiger partial charge in [-0.1, -0.05) is 13.8 Å². The van der Waals surface area contributed by atoms with Crippen molar-refractivity contribution in [2.45, 2.75) is 55.4 Å². The van der Waals surface area contributed by atoms with Gasteiger partial charge < -0.3 is 4.89 Å². The number of hydrogen-bond acceptors (Lipinski definition) is 1. The Morgan fingerprint density at radius 1 is 0.714 bits per heavy atom. The van der Waals surface area contributed by atoms with Crippen LogP contribution in [0.5, 0.6) is 0 Å². The first kappa shape index (κ1) is 24.1. The van der Waals surface area contributed by atoms with Crippen LogP contribution >= 0.6 is 27.5 Å². The second-order valence-electron chi connectivity index (χ2n) is 4.94. The van der Waals surface area contributed by atoms with Crippen molar-refractivity contribution < 1.29 is 20.0 Å². The van der Waals surface area contributed by atoms with Gasteiger partial charge in [0.2, 0.25) is 0 Å². The summed E-state index contributed by atoms with van der Waals surface area (Å²) in [5, 5.41) is 0. The van der Waals surface area contributed by atoms with Gasteiger partial charge in [-0.2, -0.15) is 0 Å². The van der Waals surface area contributed by atoms with Crippen molar-refractivity contribution in [1.29, 1.82) is 0 Å². The Labute approximate surface area is 148 Å². The second kappa shape index (κ2) is 13.3. The Hall–Kier alpha value is 0.813. The molecule has 0 aliphatic carbocycles. The molecule has 0 radical (unpaired) electrons. The Morgan fingerprint density at radius 3 is 0.905 bits per heavy atom. The maximum absolute atomic E-state index is 8.73. The van der Waals surface area contributed by atoms with E-state index in [2.05, 4.69) is 41.5 Å². The molecule has 0 unspecified atom stereocenters. The van der Waals surface area contributed by atoms with Crippen LogP contribution in [0.15, 0.2) is 0 Å². The molecule has 1 rings (SSSR count). The molecule has 0 heterocycles. The first-order valence-corrected chi connectivity index (χ1v) is 13.2. The van der Waals surface area contributed by atoms with Gasteiger partial charge in [-0.3, -0.25) is 0 Å². The van der Waals surface area contributed by atoms with Gasteiger partial charge in [0.25, 0.3) is 0 Å². The summed E-state index contributed by atoms with van der Waals surface area (Å²) in [7, 11) is 9.13. The molecule has 126 valence electrons. The van der Waals surface area contributed by atoms with Crippen molar-refractivity contribution in [1.82, 2.24) is 0 Å². The number of benzene rings is 1. The molecule has 1 aromatic carbocycles. The molecule has 1 N–H and O–H groups in total. The summed E-state index contributed by atoms with van der Waals surface area (Å²) < 4.78 is 0. The van der Waals surface area contributed by atoms with E-state index in [0.29, 0.717) is 0 Å². The molecular weight excluding hydrogens is 411 g/mol. The van der Waals surface area contributed by atoms with Crippen LogP contribution in [0.3, 0.4) is 0 Å². The molecule has 0 atom stereocenters. The number of rotatable bonds is 2. The fourth-order valence-corrected chi connectivity index (χ4v) is 2.36. The Balaban J connectivity index is 0. The molecule has 0 amide bonds. The van der Waals surface area contributed by atoms with Crippen molar-refractivity contribution in [3.8, 4) is 0 Å². The Kier molecular flexibility index (Phi) is 15.2. The summed E-state index contributed by atoms with van der Waals surface area (Å²) in [6, 6.07) is 0. The Morgan fingerprint density at radius 2 is 0.857 bits per heavy atom. The fourth-order valence-electron chi connectivity index (χ4n) is 1.91. The van der Waals surface area contributed by atoms with E-state index in [1.807, 2.05) is 13.8 Å². The van der Waals surface area contributed by atoms with E-state index < -0.39 is 8.15 Å². The third-order valence-electron chi connectivity index (χ3n) is 4.11. The van der Waals surface area contributed by atoms with E-state index in [-0.39, 0.29) is 15.1 Å². The molecular formula is C16H29Cl2OPRu. The molecule has 0 aliphatic rings. The molecule has 5 heteroatoms. The van der Waals surface area contributed by atoms with E-state index >= 15 is 0 Å². The van der Waals surface area contributed by atoms with Gasteiger partial charge in [-0.25, -0.2) is 0 Å². The molecule has 0 aromatic heterocycles. The van der Waals surface area contributed by atoms with Gasteiger partial charge in [0.15, 0.2) is 0 Å². The molecule has 1 nitrogen and oxygen atoms in total. The molecule has 21 heavy (non-hydrogen) atoms. The van der Waals surface area contributed by atoms with Crippen LogP contribution in [0.2, 0.25) is 0 Å². The fraction of sp³-hybridized carbons (Fsp3) is 0.625. The van der Waals surface area contributed by atoms with Crippen LogP contribution < -0.4 is 0 Å². The monoisotopic (exact) mass is 440 g/mol. The first-order valence-electron chi connectivity index (χ1n) is 7.01. The van der Waals surface area contributed by atoms with Gasteiger partial charge in [0.1, 0.15) is 0 Å². The van der Waals surface area contributed by atoms with E-state index in [9.17, 15) is 0 Å². The van der Waals surface area contributed by atoms with E-state index in [1.54, 1.807) is 0 Å². The van der Waals surface area contributed by atoms with Gasteiger partial charge >= 0.3 is 34.5 Å². The SMILES string of the molecule is CCP(O)CC.Cc1c(C)c(C)c(C)c(C)c1C.[Cl][Ru][Cl]. The van der Waals surface area contributed by atoms with Crippen LogP contribution in [0.4, 0.5) is 0 Å². The van der Waals surface area contributed by atoms with Gasteiger partial charge in [-0.05, 0) is 87.2 Å². The molecule has 0 aliphatic heterocycles. The van der Waals surface area contributed by atoms with Crippen molar-refractivity contribution in [2.24, 2.45) is 0 Å². The third-order valence-corrected chi connectivity index (χ3v) is 5.57. The predicted octanol–water partition coefficient (Wildman–Crippen LogP) is 6.33. The molecule has 0 bridgehead atoms. The summed E-state index contributed by atoms with van der Waals surface area (Å²) in [5.41, 5.74) is 8.73. The maximum atomic E-state index is 8.73. The summed E-state index contributed by atoms with van der Waals surface area (Å²) >= 11 is -0.346. The van der Waals surface area contributed by atoms with E-state index in [0.717, 1.165) is 12.3 Å². The molecule has 0 saturated heterocycles. The topological polar surface area (TPSA) is 20.2 Å². The zero-order valence-electron chi connectivity index (χ0n) is 14.4. The zero-order valence-corrected chi connectivity index (χ0v) is 18.6. The molecule has 0 fully saturated rings. The van der Waals surface area contributed by atoms with Crippen molar-refractivity contribution >= 4 is 27.5 Å². The quantitative estimate of drug-likeness (QED) is 0.421. The standard InChI is InChI=1S/C12H18.C4H11OP.2ClH.Ru/c1-7-8(2)10(4)12(6)11(5)9(7)3;1-3-6(5)4-2;;;/h1-6H3;5H,3-4H2,1-2H3;2*1H;/q;;;;+2/p-2. The van der Waals surface area contributed by atoms with Crippen LogP contribution in [-0.2, 0) is 15.1 Å². The Bertz CT molecular complexity index is 316. The van der Waals surface area contributed by atoms with Crippen LogP contribution in [0.25, 0.3) is 0 Å². The van der Waals surface area contributed by atoms with Gasteiger partial charge in [0, 0.05) is 8.15 Å². The minimum absolute atomic E-state index is 0.346. The van der Waals surface area contributed by atoms with Crippen LogP contribution in [-0.4, -0.2) is 17.2 Å². The minimum atomic E-state index is -0.576. The second-order valence-corrected chi connectivity index (χ2v) is 9.86. The molecule has 0 saturated carbocycles. The molecule has 0 spiro atoms. The average molecular weight is 440 g/mol. The first-order chi connectivity index (χ1) is 9.69. The summed E-state index contributed by atoms with van der Waals surface area (Å²) in [5.74, 6) is 0. The van der Waals surface area contributed by atoms with Crippen LogP contribution in [0.1, 0.15) is 47.2 Å².